The summed E-state index contributed by atoms with van der Waals surface area (Å²) in [5, 5.41) is 3.18. The van der Waals surface area contributed by atoms with Crippen molar-refractivity contribution < 1.29 is 0 Å². The molecule has 0 radical (unpaired) electrons. The van der Waals surface area contributed by atoms with Crippen molar-refractivity contribution >= 4 is 11.5 Å². The fourth-order valence-electron chi connectivity index (χ4n) is 1.43. The minimum atomic E-state index is 0.670. The van der Waals surface area contributed by atoms with Crippen LogP contribution in [-0.2, 0) is 6.54 Å². The van der Waals surface area contributed by atoms with Gasteiger partial charge in [-0.2, -0.15) is 0 Å². The molecule has 4 nitrogen and oxygen atoms in total. The number of hydrogen-bond acceptors (Lipinski definition) is 4. The summed E-state index contributed by atoms with van der Waals surface area (Å²) >= 11 is 0. The van der Waals surface area contributed by atoms with Crippen LogP contribution in [0.1, 0.15) is 11.1 Å². The molecule has 0 amide bonds. The van der Waals surface area contributed by atoms with E-state index in [4.69, 9.17) is 5.73 Å². The van der Waals surface area contributed by atoms with Crippen molar-refractivity contribution in [3.63, 3.8) is 0 Å². The van der Waals surface area contributed by atoms with Crippen LogP contribution in [0.2, 0.25) is 0 Å². The Balaban J connectivity index is 2.05. The highest BCUT2D eigenvalue weighted by Crippen LogP contribution is 2.16. The molecular formula is C12H14N4. The largest absolute Gasteiger partial charge is 0.396 e. The summed E-state index contributed by atoms with van der Waals surface area (Å²) < 4.78 is 0. The number of aryl methyl sites for hydroxylation is 1. The van der Waals surface area contributed by atoms with Crippen molar-refractivity contribution in [1.82, 2.24) is 9.97 Å². The third-order valence-corrected chi connectivity index (χ3v) is 2.24. The second kappa shape index (κ2) is 4.61. The van der Waals surface area contributed by atoms with Gasteiger partial charge < -0.3 is 11.1 Å². The van der Waals surface area contributed by atoms with Crippen LogP contribution < -0.4 is 11.1 Å². The molecule has 2 aromatic rings. The van der Waals surface area contributed by atoms with E-state index in [1.165, 1.54) is 0 Å². The first-order valence-electron chi connectivity index (χ1n) is 5.10. The highest BCUT2D eigenvalue weighted by atomic mass is 15.0. The van der Waals surface area contributed by atoms with E-state index in [9.17, 15) is 0 Å². The lowest BCUT2D eigenvalue weighted by molar-refractivity contribution is 1.08. The highest BCUT2D eigenvalue weighted by molar-refractivity contribution is 5.61. The standard InChI is InChI=1S/C12H14N4/c1-9-5-11(13)12(15-6-9)16-8-10-3-2-4-14-7-10/h2-7H,8,13H2,1H3,(H,15,16). The molecule has 0 fully saturated rings. The number of rotatable bonds is 3. The van der Waals surface area contributed by atoms with Gasteiger partial charge in [0.25, 0.3) is 0 Å². The molecule has 0 atom stereocenters. The maximum absolute atomic E-state index is 5.84. The van der Waals surface area contributed by atoms with Gasteiger partial charge in [0.2, 0.25) is 0 Å². The molecule has 0 saturated carbocycles. The van der Waals surface area contributed by atoms with E-state index < -0.39 is 0 Å². The topological polar surface area (TPSA) is 63.8 Å². The van der Waals surface area contributed by atoms with Crippen LogP contribution in [0.5, 0.6) is 0 Å². The van der Waals surface area contributed by atoms with Gasteiger partial charge in [0, 0.05) is 25.1 Å². The molecule has 2 aromatic heterocycles. The summed E-state index contributed by atoms with van der Waals surface area (Å²) in [5.41, 5.74) is 8.68. The SMILES string of the molecule is Cc1cnc(NCc2cccnc2)c(N)c1. The summed E-state index contributed by atoms with van der Waals surface area (Å²) in [6, 6.07) is 5.81. The molecule has 0 aliphatic rings. The molecule has 0 saturated heterocycles. The highest BCUT2D eigenvalue weighted by Gasteiger charge is 2.00. The summed E-state index contributed by atoms with van der Waals surface area (Å²) in [7, 11) is 0. The van der Waals surface area contributed by atoms with Gasteiger partial charge >= 0.3 is 0 Å². The molecule has 4 heteroatoms. The maximum Gasteiger partial charge on any atom is 0.149 e. The molecule has 0 aliphatic heterocycles. The number of nitrogens with two attached hydrogens (primary N) is 1. The van der Waals surface area contributed by atoms with Crippen molar-refractivity contribution in [3.05, 3.63) is 47.9 Å². The van der Waals surface area contributed by atoms with Gasteiger partial charge in [-0.3, -0.25) is 4.98 Å². The zero-order valence-electron chi connectivity index (χ0n) is 9.14. The second-order valence-corrected chi connectivity index (χ2v) is 3.67. The van der Waals surface area contributed by atoms with Crippen LogP contribution in [0.25, 0.3) is 0 Å². The molecule has 0 unspecified atom stereocenters. The predicted octanol–water partition coefficient (Wildman–Crippen LogP) is 1.98. The zero-order chi connectivity index (χ0) is 11.4. The van der Waals surface area contributed by atoms with Gasteiger partial charge in [0.05, 0.1) is 5.69 Å². The van der Waals surface area contributed by atoms with Crippen molar-refractivity contribution in [2.24, 2.45) is 0 Å². The third kappa shape index (κ3) is 2.48. The van der Waals surface area contributed by atoms with Crippen molar-refractivity contribution in [2.45, 2.75) is 13.5 Å². The van der Waals surface area contributed by atoms with E-state index in [0.29, 0.717) is 12.2 Å². The van der Waals surface area contributed by atoms with E-state index >= 15 is 0 Å². The number of nitrogen functional groups attached to an aromatic ring is 1. The van der Waals surface area contributed by atoms with Crippen LogP contribution >= 0.6 is 0 Å². The van der Waals surface area contributed by atoms with Gasteiger partial charge in [-0.1, -0.05) is 6.07 Å². The summed E-state index contributed by atoms with van der Waals surface area (Å²) in [4.78, 5) is 8.28. The zero-order valence-corrected chi connectivity index (χ0v) is 9.14. The van der Waals surface area contributed by atoms with Crippen molar-refractivity contribution in [1.29, 1.82) is 0 Å². The molecule has 0 aromatic carbocycles. The second-order valence-electron chi connectivity index (χ2n) is 3.67. The Morgan fingerprint density at radius 3 is 2.94 bits per heavy atom. The minimum absolute atomic E-state index is 0.670. The Hall–Kier alpha value is -2.10. The Labute approximate surface area is 94.5 Å². The number of hydrogen-bond donors (Lipinski definition) is 2. The number of aromatic nitrogens is 2. The maximum atomic E-state index is 5.84. The van der Waals surface area contributed by atoms with Gasteiger partial charge in [-0.05, 0) is 30.2 Å². The van der Waals surface area contributed by atoms with Crippen LogP contribution in [0, 0.1) is 6.92 Å². The lowest BCUT2D eigenvalue weighted by Crippen LogP contribution is -2.04. The Morgan fingerprint density at radius 1 is 1.38 bits per heavy atom. The first-order chi connectivity index (χ1) is 7.75. The first-order valence-corrected chi connectivity index (χ1v) is 5.10. The third-order valence-electron chi connectivity index (χ3n) is 2.24. The van der Waals surface area contributed by atoms with E-state index in [1.54, 1.807) is 12.4 Å². The molecule has 0 bridgehead atoms. The fourth-order valence-corrected chi connectivity index (χ4v) is 1.43. The number of anilines is 2. The fraction of sp³-hybridized carbons (Fsp3) is 0.167. The summed E-state index contributed by atoms with van der Waals surface area (Å²) in [5.74, 6) is 0.717. The molecule has 3 N–H and O–H groups in total. The van der Waals surface area contributed by atoms with Crippen molar-refractivity contribution in [3.8, 4) is 0 Å². The molecule has 2 rings (SSSR count). The van der Waals surface area contributed by atoms with Crippen LogP contribution in [0.4, 0.5) is 11.5 Å². The first kappa shape index (κ1) is 10.4. The van der Waals surface area contributed by atoms with Gasteiger partial charge in [-0.15, -0.1) is 0 Å². The van der Waals surface area contributed by atoms with Crippen molar-refractivity contribution in [2.75, 3.05) is 11.1 Å². The number of nitrogens with zero attached hydrogens (tertiary/aromatic N) is 2. The Bertz CT molecular complexity index is 468. The number of pyridine rings is 2. The smallest absolute Gasteiger partial charge is 0.149 e. The Morgan fingerprint density at radius 2 is 2.25 bits per heavy atom. The summed E-state index contributed by atoms with van der Waals surface area (Å²) in [6.07, 6.45) is 5.36. The average Bonchev–Trinajstić information content (AvgIpc) is 2.29. The van der Waals surface area contributed by atoms with Gasteiger partial charge in [-0.25, -0.2) is 4.98 Å². The number of nitrogens with one attached hydrogen (secondary N) is 1. The van der Waals surface area contributed by atoms with E-state index in [0.717, 1.165) is 16.9 Å². The van der Waals surface area contributed by atoms with E-state index in [-0.39, 0.29) is 0 Å². The molecule has 0 aliphatic carbocycles. The van der Waals surface area contributed by atoms with E-state index in [2.05, 4.69) is 15.3 Å². The molecular weight excluding hydrogens is 200 g/mol. The monoisotopic (exact) mass is 214 g/mol. The van der Waals surface area contributed by atoms with E-state index in [1.807, 2.05) is 31.3 Å². The van der Waals surface area contributed by atoms with Gasteiger partial charge in [0.1, 0.15) is 5.82 Å². The molecule has 2 heterocycles. The normalized spacial score (nSPS) is 10.1. The average molecular weight is 214 g/mol. The molecule has 0 spiro atoms. The van der Waals surface area contributed by atoms with Crippen LogP contribution in [0.3, 0.4) is 0 Å². The van der Waals surface area contributed by atoms with Crippen LogP contribution in [-0.4, -0.2) is 9.97 Å². The quantitative estimate of drug-likeness (QED) is 0.820. The lowest BCUT2D eigenvalue weighted by atomic mass is 10.2. The molecule has 82 valence electrons. The lowest BCUT2D eigenvalue weighted by Gasteiger charge is -2.08. The van der Waals surface area contributed by atoms with Crippen LogP contribution in [0.15, 0.2) is 36.8 Å². The van der Waals surface area contributed by atoms with Gasteiger partial charge in [0.15, 0.2) is 0 Å². The molecule has 16 heavy (non-hydrogen) atoms. The Kier molecular flexibility index (Phi) is 3.00. The minimum Gasteiger partial charge on any atom is -0.396 e. The predicted molar refractivity (Wildman–Crippen MR) is 65.0 cm³/mol. The summed E-state index contributed by atoms with van der Waals surface area (Å²) in [6.45, 7) is 2.64.